The summed E-state index contributed by atoms with van der Waals surface area (Å²) < 4.78 is 35.6. The fourth-order valence-electron chi connectivity index (χ4n) is 5.42. The molecule has 0 saturated carbocycles. The van der Waals surface area contributed by atoms with Gasteiger partial charge in [0.15, 0.2) is 12.3 Å². The second kappa shape index (κ2) is 8.32. The van der Waals surface area contributed by atoms with Crippen molar-refractivity contribution in [3.63, 3.8) is 0 Å². The van der Waals surface area contributed by atoms with Crippen molar-refractivity contribution in [1.29, 1.82) is 0 Å². The molecule has 32 heavy (non-hydrogen) atoms. The lowest BCUT2D eigenvalue weighted by Crippen LogP contribution is -2.66. The monoisotopic (exact) mass is 482 g/mol. The van der Waals surface area contributed by atoms with Gasteiger partial charge in [-0.2, -0.15) is 4.98 Å². The molecule has 0 N–H and O–H groups in total. The maximum absolute atomic E-state index is 12.1. The maximum atomic E-state index is 12.1. The summed E-state index contributed by atoms with van der Waals surface area (Å²) in [5, 5.41) is 0. The van der Waals surface area contributed by atoms with E-state index in [1.807, 2.05) is 4.57 Å². The lowest BCUT2D eigenvalue weighted by molar-refractivity contribution is -0.0555. The molecule has 0 unspecified atom stereocenters. The van der Waals surface area contributed by atoms with Gasteiger partial charge >= 0.3 is 23.1 Å². The third-order valence-corrected chi connectivity index (χ3v) is 17.5. The summed E-state index contributed by atoms with van der Waals surface area (Å²) in [4.78, 5) is 16.2. The van der Waals surface area contributed by atoms with E-state index in [0.29, 0.717) is 12.2 Å². The Bertz CT molecular complexity index is 902. The minimum atomic E-state index is -2.77. The average molecular weight is 483 g/mol. The number of nitrogens with zero attached hydrogens (tertiary/aromatic N) is 2. The SMILES string of the molecule is Cc1cn2c(nc1=O)O[C@H]1[C@H]3O[Si](C(C)C)(C(C)C)O[Si](C(C)C)(C(C)C)OC[C@@H]3O[C@H]12. The van der Waals surface area contributed by atoms with Gasteiger partial charge in [-0.3, -0.25) is 9.36 Å². The summed E-state index contributed by atoms with van der Waals surface area (Å²) in [6, 6.07) is 0.288. The van der Waals surface area contributed by atoms with Crippen molar-refractivity contribution < 1.29 is 22.4 Å². The van der Waals surface area contributed by atoms with Crippen molar-refractivity contribution >= 4 is 17.1 Å². The number of fused-ring (bicyclic) bond motifs is 5. The minimum absolute atomic E-state index is 0.221. The Hall–Kier alpha value is -1.05. The second-order valence-corrected chi connectivity index (χ2v) is 19.5. The molecule has 0 bridgehead atoms. The molecule has 8 nitrogen and oxygen atoms in total. The summed E-state index contributed by atoms with van der Waals surface area (Å²) >= 11 is 0. The third-order valence-electron chi connectivity index (χ3n) is 7.22. The highest BCUT2D eigenvalue weighted by molar-refractivity contribution is 6.83. The van der Waals surface area contributed by atoms with Crippen LogP contribution in [-0.2, 0) is 17.7 Å². The van der Waals surface area contributed by atoms with Crippen LogP contribution in [0.2, 0.25) is 22.2 Å². The number of rotatable bonds is 4. The van der Waals surface area contributed by atoms with Crippen molar-refractivity contribution in [3.8, 4) is 6.01 Å². The van der Waals surface area contributed by atoms with Crippen molar-refractivity contribution in [3.05, 3.63) is 22.1 Å². The van der Waals surface area contributed by atoms with Gasteiger partial charge in [-0.15, -0.1) is 0 Å². The van der Waals surface area contributed by atoms with Crippen molar-refractivity contribution in [2.24, 2.45) is 0 Å². The first kappa shape index (κ1) is 24.1. The van der Waals surface area contributed by atoms with Gasteiger partial charge in [0.1, 0.15) is 12.2 Å². The van der Waals surface area contributed by atoms with Crippen molar-refractivity contribution in [2.75, 3.05) is 6.61 Å². The van der Waals surface area contributed by atoms with Crippen molar-refractivity contribution in [2.45, 2.75) is 109 Å². The zero-order chi connectivity index (χ0) is 23.6. The van der Waals surface area contributed by atoms with E-state index in [0.717, 1.165) is 0 Å². The molecule has 0 aliphatic carbocycles. The summed E-state index contributed by atoms with van der Waals surface area (Å²) in [6.07, 6.45) is 0.365. The van der Waals surface area contributed by atoms with Gasteiger partial charge < -0.3 is 22.4 Å². The molecule has 3 aliphatic rings. The van der Waals surface area contributed by atoms with E-state index in [1.54, 1.807) is 13.1 Å². The summed E-state index contributed by atoms with van der Waals surface area (Å²) in [5.41, 5.74) is 1.28. The van der Waals surface area contributed by atoms with Gasteiger partial charge in [-0.1, -0.05) is 55.4 Å². The van der Waals surface area contributed by atoms with Crippen LogP contribution in [0.3, 0.4) is 0 Å². The van der Waals surface area contributed by atoms with Gasteiger partial charge in [-0.05, 0) is 29.1 Å². The topological polar surface area (TPSA) is 81.0 Å². The van der Waals surface area contributed by atoms with Crippen molar-refractivity contribution in [1.82, 2.24) is 9.55 Å². The highest BCUT2D eigenvalue weighted by atomic mass is 28.5. The Morgan fingerprint density at radius 1 is 0.969 bits per heavy atom. The van der Waals surface area contributed by atoms with Gasteiger partial charge in [0.25, 0.3) is 5.56 Å². The highest BCUT2D eigenvalue weighted by Gasteiger charge is 2.63. The van der Waals surface area contributed by atoms with Crippen LogP contribution >= 0.6 is 0 Å². The molecule has 10 heteroatoms. The summed E-state index contributed by atoms with van der Waals surface area (Å²) in [7, 11) is -5.38. The first-order valence-electron chi connectivity index (χ1n) is 11.9. The van der Waals surface area contributed by atoms with Crippen LogP contribution in [0.15, 0.2) is 11.0 Å². The molecule has 0 amide bonds. The molecule has 0 radical (unpaired) electrons. The van der Waals surface area contributed by atoms with E-state index in [4.69, 9.17) is 22.4 Å². The Kier molecular flexibility index (Phi) is 6.26. The van der Waals surface area contributed by atoms with Crippen LogP contribution in [0, 0.1) is 6.92 Å². The third kappa shape index (κ3) is 3.54. The van der Waals surface area contributed by atoms with Gasteiger partial charge in [0, 0.05) is 11.8 Å². The first-order chi connectivity index (χ1) is 14.9. The van der Waals surface area contributed by atoms with Gasteiger partial charge in [-0.25, -0.2) is 0 Å². The Morgan fingerprint density at radius 3 is 2.12 bits per heavy atom. The van der Waals surface area contributed by atoms with Gasteiger partial charge in [0.2, 0.25) is 0 Å². The van der Waals surface area contributed by atoms with E-state index in [2.05, 4.69) is 60.4 Å². The van der Waals surface area contributed by atoms with Crippen LogP contribution in [0.5, 0.6) is 6.01 Å². The highest BCUT2D eigenvalue weighted by Crippen LogP contribution is 2.50. The molecule has 4 atom stereocenters. The molecular weight excluding hydrogens is 444 g/mol. The Balaban J connectivity index is 1.77. The molecule has 2 saturated heterocycles. The number of ether oxygens (including phenoxy) is 2. The molecule has 1 aromatic heterocycles. The lowest BCUT2D eigenvalue weighted by Gasteiger charge is -2.51. The van der Waals surface area contributed by atoms with E-state index in [1.165, 1.54) is 0 Å². The number of hydrogen-bond donors (Lipinski definition) is 0. The average Bonchev–Trinajstić information content (AvgIpc) is 3.17. The van der Waals surface area contributed by atoms with Gasteiger partial charge in [0.05, 0.1) is 6.61 Å². The smallest absolute Gasteiger partial charge is 0.335 e. The van der Waals surface area contributed by atoms with E-state index in [9.17, 15) is 4.79 Å². The minimum Gasteiger partial charge on any atom is -0.454 e. The van der Waals surface area contributed by atoms with Crippen LogP contribution in [0.1, 0.15) is 67.2 Å². The first-order valence-corrected chi connectivity index (χ1v) is 15.8. The molecule has 180 valence electrons. The standard InChI is InChI=1S/C22H38N2O6Si2/c1-12(2)31(13(3)4)26-11-17-18(29-32(30-31,14(5)6)15(7)8)19-21(27-17)24-10-16(9)20(25)23-22(24)28-19/h10,12-15,17-19,21H,11H2,1-9H3/t17-,18-,19-,21+/m0/s1. The molecular formula is C22H38N2O6Si2. The number of aromatic nitrogens is 2. The number of hydrogen-bond acceptors (Lipinski definition) is 7. The predicted molar refractivity (Wildman–Crippen MR) is 125 cm³/mol. The fraction of sp³-hybridized carbons (Fsp3) is 0.818. The molecule has 4 rings (SSSR count). The molecule has 2 fully saturated rings. The lowest BCUT2D eigenvalue weighted by atomic mass is 10.1. The van der Waals surface area contributed by atoms with Crippen LogP contribution < -0.4 is 10.3 Å². The van der Waals surface area contributed by atoms with Crippen LogP contribution in [0.4, 0.5) is 0 Å². The maximum Gasteiger partial charge on any atom is 0.335 e. The Labute approximate surface area is 193 Å². The summed E-state index contributed by atoms with van der Waals surface area (Å²) in [6.45, 7) is 19.8. The van der Waals surface area contributed by atoms with E-state index < -0.39 is 29.5 Å². The molecule has 1 aromatic rings. The quantitative estimate of drug-likeness (QED) is 0.596. The molecule has 0 aromatic carbocycles. The largest absolute Gasteiger partial charge is 0.454 e. The van der Waals surface area contributed by atoms with Crippen LogP contribution in [-0.4, -0.2) is 51.6 Å². The van der Waals surface area contributed by atoms with E-state index in [-0.39, 0.29) is 45.9 Å². The molecule has 0 spiro atoms. The fourth-order valence-corrected chi connectivity index (χ4v) is 16.6. The molecule has 3 aliphatic heterocycles. The van der Waals surface area contributed by atoms with E-state index >= 15 is 0 Å². The normalized spacial score (nSPS) is 30.8. The molecule has 4 heterocycles. The Morgan fingerprint density at radius 2 is 1.56 bits per heavy atom. The second-order valence-electron chi connectivity index (χ2n) is 10.6. The van der Waals surface area contributed by atoms with Crippen LogP contribution in [0.25, 0.3) is 0 Å². The number of aryl methyl sites for hydroxylation is 1. The zero-order valence-corrected chi connectivity index (χ0v) is 22.7. The zero-order valence-electron chi connectivity index (χ0n) is 20.7. The predicted octanol–water partition coefficient (Wildman–Crippen LogP) is 4.17. The summed E-state index contributed by atoms with van der Waals surface area (Å²) in [5.74, 6) is 0.